The zero-order chi connectivity index (χ0) is 20.3. The van der Waals surface area contributed by atoms with Crippen molar-refractivity contribution in [1.82, 2.24) is 4.90 Å². The molecule has 1 amide bonds. The highest BCUT2D eigenvalue weighted by Crippen LogP contribution is 2.21. The van der Waals surface area contributed by atoms with Gasteiger partial charge in [0, 0.05) is 27.9 Å². The molecule has 1 aliphatic rings. The number of halogens is 1. The van der Waals surface area contributed by atoms with Crippen LogP contribution in [0.1, 0.15) is 36.7 Å². The second-order valence-electron chi connectivity index (χ2n) is 7.38. The Morgan fingerprint density at radius 3 is 2.29 bits per heavy atom. The predicted octanol–water partition coefficient (Wildman–Crippen LogP) is 5.10. The van der Waals surface area contributed by atoms with Gasteiger partial charge >= 0.3 is 6.09 Å². The minimum absolute atomic E-state index is 0.0735. The molecule has 0 radical (unpaired) electrons. The molecule has 28 heavy (non-hydrogen) atoms. The van der Waals surface area contributed by atoms with Gasteiger partial charge in [0.05, 0.1) is 6.54 Å². The van der Waals surface area contributed by atoms with E-state index in [2.05, 4.69) is 4.99 Å². The average Bonchev–Trinajstić information content (AvgIpc) is 2.67. The van der Waals surface area contributed by atoms with E-state index in [1.165, 1.54) is 11.1 Å². The van der Waals surface area contributed by atoms with Crippen LogP contribution in [0.5, 0.6) is 0 Å². The van der Waals surface area contributed by atoms with Gasteiger partial charge in [-0.05, 0) is 45.0 Å². The van der Waals surface area contributed by atoms with E-state index in [-0.39, 0.29) is 12.3 Å². The minimum Gasteiger partial charge on any atom is -0.443 e. The molecular formula is C22H21ClN2O3. The molecule has 0 atom stereocenters. The average molecular weight is 397 g/mol. The van der Waals surface area contributed by atoms with Crippen LogP contribution in [0.2, 0.25) is 5.02 Å². The molecule has 0 N–H and O–H groups in total. The third kappa shape index (κ3) is 4.67. The maximum atomic E-state index is 12.8. The van der Waals surface area contributed by atoms with Crippen LogP contribution in [-0.2, 0) is 4.74 Å². The normalized spacial score (nSPS) is 14.2. The molecule has 2 aromatic carbocycles. The van der Waals surface area contributed by atoms with Crippen LogP contribution in [0.25, 0.3) is 0 Å². The number of nitrogens with zero attached hydrogens (tertiary/aromatic N) is 2. The van der Waals surface area contributed by atoms with E-state index in [1.807, 2.05) is 30.3 Å². The zero-order valence-electron chi connectivity index (χ0n) is 16.0. The van der Waals surface area contributed by atoms with Crippen molar-refractivity contribution in [1.29, 1.82) is 0 Å². The largest absolute Gasteiger partial charge is 0.443 e. The molecule has 1 heterocycles. The van der Waals surface area contributed by atoms with Crippen molar-refractivity contribution < 1.29 is 14.3 Å². The number of aliphatic imine (C=N–C) groups is 1. The van der Waals surface area contributed by atoms with E-state index in [1.54, 1.807) is 45.0 Å². The highest BCUT2D eigenvalue weighted by Gasteiger charge is 2.31. The van der Waals surface area contributed by atoms with Gasteiger partial charge in [-0.1, -0.05) is 41.9 Å². The Hall–Kier alpha value is -2.92. The fraction of sp³-hybridized carbons (Fsp3) is 0.227. The fourth-order valence-electron chi connectivity index (χ4n) is 2.70. The molecule has 0 aliphatic carbocycles. The summed E-state index contributed by atoms with van der Waals surface area (Å²) in [5, 5.41) is 0.550. The van der Waals surface area contributed by atoms with Gasteiger partial charge in [-0.15, -0.1) is 0 Å². The number of benzene rings is 2. The van der Waals surface area contributed by atoms with Gasteiger partial charge < -0.3 is 4.74 Å². The van der Waals surface area contributed by atoms with Crippen LogP contribution in [0.4, 0.5) is 4.79 Å². The number of Topliss-reactive ketones (excluding diaryl/α,β-unsaturated/α-hetero) is 1. The van der Waals surface area contributed by atoms with E-state index in [0.717, 1.165) is 5.56 Å². The molecule has 0 aromatic heterocycles. The zero-order valence-corrected chi connectivity index (χ0v) is 16.7. The Kier molecular flexibility index (Phi) is 5.66. The quantitative estimate of drug-likeness (QED) is 0.678. The predicted molar refractivity (Wildman–Crippen MR) is 110 cm³/mol. The van der Waals surface area contributed by atoms with E-state index in [4.69, 9.17) is 16.3 Å². The molecule has 5 nitrogen and oxygen atoms in total. The number of hydrogen-bond acceptors (Lipinski definition) is 4. The highest BCUT2D eigenvalue weighted by atomic mass is 35.5. The van der Waals surface area contributed by atoms with Crippen molar-refractivity contribution in [3.63, 3.8) is 0 Å². The Labute approximate surface area is 169 Å². The number of amidine groups is 1. The lowest BCUT2D eigenvalue weighted by Gasteiger charge is -2.30. The maximum absolute atomic E-state index is 12.8. The van der Waals surface area contributed by atoms with Crippen molar-refractivity contribution in [2.24, 2.45) is 4.99 Å². The van der Waals surface area contributed by atoms with Gasteiger partial charge in [-0.2, -0.15) is 0 Å². The molecule has 0 fully saturated rings. The van der Waals surface area contributed by atoms with Gasteiger partial charge in [0.15, 0.2) is 5.78 Å². The third-order valence-corrected chi connectivity index (χ3v) is 4.22. The molecule has 0 spiro atoms. The molecule has 144 valence electrons. The summed E-state index contributed by atoms with van der Waals surface area (Å²) in [5.41, 5.74) is 0.981. The van der Waals surface area contributed by atoms with E-state index < -0.39 is 11.7 Å². The monoisotopic (exact) mass is 396 g/mol. The molecule has 0 bridgehead atoms. The Morgan fingerprint density at radius 2 is 1.68 bits per heavy atom. The van der Waals surface area contributed by atoms with Crippen LogP contribution in [-0.4, -0.2) is 34.8 Å². The Bertz CT molecular complexity index is 942. The van der Waals surface area contributed by atoms with Crippen molar-refractivity contribution in [3.8, 4) is 0 Å². The number of ether oxygens (including phenoxy) is 1. The van der Waals surface area contributed by atoms with Crippen LogP contribution in [0.3, 0.4) is 0 Å². The summed E-state index contributed by atoms with van der Waals surface area (Å²) in [6.07, 6.45) is 0.963. The van der Waals surface area contributed by atoms with Crippen LogP contribution in [0, 0.1) is 0 Å². The number of hydrogen-bond donors (Lipinski definition) is 0. The van der Waals surface area contributed by atoms with E-state index >= 15 is 0 Å². The lowest BCUT2D eigenvalue weighted by molar-refractivity contribution is 0.0380. The molecule has 0 saturated heterocycles. The standard InChI is InChI=1S/C22H21ClN2O3/c1-22(2,3)28-21(27)25-14-17(19(26)15-9-11-18(23)12-10-15)13-24-20(25)16-7-5-4-6-8-16/h4-13H,14H2,1-3H3. The van der Waals surface area contributed by atoms with Crippen molar-refractivity contribution >= 4 is 29.3 Å². The number of rotatable bonds is 3. The van der Waals surface area contributed by atoms with Gasteiger partial charge in [0.1, 0.15) is 11.4 Å². The molecule has 3 rings (SSSR count). The number of amides is 1. The van der Waals surface area contributed by atoms with Gasteiger partial charge in [0.25, 0.3) is 0 Å². The lowest BCUT2D eigenvalue weighted by atomic mass is 10.0. The van der Waals surface area contributed by atoms with Crippen LogP contribution >= 0.6 is 11.6 Å². The molecular weight excluding hydrogens is 376 g/mol. The topological polar surface area (TPSA) is 59.0 Å². The summed E-state index contributed by atoms with van der Waals surface area (Å²) in [7, 11) is 0. The second kappa shape index (κ2) is 7.98. The molecule has 2 aromatic rings. The van der Waals surface area contributed by atoms with Crippen molar-refractivity contribution in [2.45, 2.75) is 26.4 Å². The van der Waals surface area contributed by atoms with Gasteiger partial charge in [-0.25, -0.2) is 9.79 Å². The van der Waals surface area contributed by atoms with Crippen LogP contribution < -0.4 is 0 Å². The first-order chi connectivity index (χ1) is 13.2. The van der Waals surface area contributed by atoms with Crippen molar-refractivity contribution in [2.75, 3.05) is 6.54 Å². The van der Waals surface area contributed by atoms with Gasteiger partial charge in [-0.3, -0.25) is 9.69 Å². The molecule has 1 aliphatic heterocycles. The summed E-state index contributed by atoms with van der Waals surface area (Å²) >= 11 is 5.90. The first-order valence-electron chi connectivity index (χ1n) is 8.88. The second-order valence-corrected chi connectivity index (χ2v) is 7.81. The highest BCUT2D eigenvalue weighted by molar-refractivity contribution is 6.30. The summed E-state index contributed by atoms with van der Waals surface area (Å²) in [4.78, 5) is 31.5. The summed E-state index contributed by atoms with van der Waals surface area (Å²) < 4.78 is 5.53. The van der Waals surface area contributed by atoms with Crippen LogP contribution in [0.15, 0.2) is 71.4 Å². The number of carbonyl (C=O) groups excluding carboxylic acids is 2. The third-order valence-electron chi connectivity index (χ3n) is 3.97. The molecule has 6 heteroatoms. The summed E-state index contributed by atoms with van der Waals surface area (Å²) in [6, 6.07) is 15.9. The SMILES string of the molecule is CC(C)(C)OC(=O)N1CC(C(=O)c2ccc(Cl)cc2)=CN=C1c1ccccc1. The smallest absolute Gasteiger partial charge is 0.416 e. The Morgan fingerprint density at radius 1 is 1.04 bits per heavy atom. The first-order valence-corrected chi connectivity index (χ1v) is 9.25. The molecule has 0 unspecified atom stereocenters. The lowest BCUT2D eigenvalue weighted by Crippen LogP contribution is -2.44. The van der Waals surface area contributed by atoms with E-state index in [9.17, 15) is 9.59 Å². The minimum atomic E-state index is -0.666. The number of ketones is 1. The summed E-state index contributed by atoms with van der Waals surface area (Å²) in [6.45, 7) is 5.46. The van der Waals surface area contributed by atoms with Gasteiger partial charge in [0.2, 0.25) is 0 Å². The number of carbonyl (C=O) groups is 2. The van der Waals surface area contributed by atoms with E-state index in [0.29, 0.717) is 22.0 Å². The molecule has 0 saturated carbocycles. The maximum Gasteiger partial charge on any atom is 0.416 e. The fourth-order valence-corrected chi connectivity index (χ4v) is 2.82. The first kappa shape index (κ1) is 19.8. The van der Waals surface area contributed by atoms with Crippen molar-refractivity contribution in [3.05, 3.63) is 82.5 Å². The summed E-state index contributed by atoms with van der Waals surface area (Å²) in [5.74, 6) is 0.239. The Balaban J connectivity index is 1.95.